The van der Waals surface area contributed by atoms with E-state index in [1.165, 1.54) is 12.5 Å². The zero-order chi connectivity index (χ0) is 9.97. The predicted molar refractivity (Wildman–Crippen MR) is 53.0 cm³/mol. The molecule has 0 aromatic heterocycles. The monoisotopic (exact) mass is 192 g/mol. The van der Waals surface area contributed by atoms with E-state index in [4.69, 9.17) is 0 Å². The highest BCUT2D eigenvalue weighted by Gasteiger charge is 2.14. The molecule has 0 radical (unpaired) electrons. The molecule has 4 heteroatoms. The Morgan fingerprint density at radius 1 is 1.43 bits per heavy atom. The lowest BCUT2D eigenvalue weighted by Gasteiger charge is -2.30. The van der Waals surface area contributed by atoms with Gasteiger partial charge in [-0.25, -0.2) is 0 Å². The molecular weight excluding hydrogens is 180 g/mol. The van der Waals surface area contributed by atoms with Crippen LogP contribution in [0.25, 0.3) is 0 Å². The van der Waals surface area contributed by atoms with E-state index in [-0.39, 0.29) is 10.6 Å². The van der Waals surface area contributed by atoms with Crippen LogP contribution in [0.3, 0.4) is 0 Å². The summed E-state index contributed by atoms with van der Waals surface area (Å²) in [6, 6.07) is 6.86. The van der Waals surface area contributed by atoms with Crippen LogP contribution in [0, 0.1) is 10.1 Å². The molecule has 0 N–H and O–H groups in total. The van der Waals surface area contributed by atoms with E-state index in [0.29, 0.717) is 0 Å². The summed E-state index contributed by atoms with van der Waals surface area (Å²) in [4.78, 5) is 12.4. The first kappa shape index (κ1) is 9.15. The molecule has 2 rings (SSSR count). The molecule has 0 bridgehead atoms. The lowest BCUT2D eigenvalue weighted by Crippen LogP contribution is -2.36. The molecular formula is C10H12N2O2. The maximum atomic E-state index is 10.5. The molecule has 1 fully saturated rings. The van der Waals surface area contributed by atoms with Crippen LogP contribution in [0.15, 0.2) is 24.3 Å². The summed E-state index contributed by atoms with van der Waals surface area (Å²) in [7, 11) is 0. The topological polar surface area (TPSA) is 46.4 Å². The minimum atomic E-state index is -0.348. The van der Waals surface area contributed by atoms with Crippen molar-refractivity contribution in [2.75, 3.05) is 13.1 Å². The first-order valence-electron chi connectivity index (χ1n) is 4.71. The molecule has 0 saturated carbocycles. The highest BCUT2D eigenvalue weighted by Crippen LogP contribution is 2.17. The van der Waals surface area contributed by atoms with Crippen LogP contribution in [0.1, 0.15) is 12.0 Å². The molecule has 1 heterocycles. The number of nitro groups is 1. The van der Waals surface area contributed by atoms with Gasteiger partial charge in [0.1, 0.15) is 0 Å². The minimum absolute atomic E-state index is 0.183. The standard InChI is InChI=1S/C10H12N2O2/c13-12(14)10-4-1-3-9(7-10)8-11-5-2-6-11/h1,3-4,7H,2,5-6,8H2. The van der Waals surface area contributed by atoms with Gasteiger partial charge in [-0.1, -0.05) is 12.1 Å². The summed E-state index contributed by atoms with van der Waals surface area (Å²) in [5.74, 6) is 0. The van der Waals surface area contributed by atoms with Gasteiger partial charge in [0.05, 0.1) is 4.92 Å². The van der Waals surface area contributed by atoms with Gasteiger partial charge >= 0.3 is 0 Å². The Morgan fingerprint density at radius 2 is 2.21 bits per heavy atom. The third kappa shape index (κ3) is 1.90. The van der Waals surface area contributed by atoms with Crippen molar-refractivity contribution in [3.05, 3.63) is 39.9 Å². The fraction of sp³-hybridized carbons (Fsp3) is 0.400. The number of hydrogen-bond acceptors (Lipinski definition) is 3. The minimum Gasteiger partial charge on any atom is -0.299 e. The van der Waals surface area contributed by atoms with E-state index >= 15 is 0 Å². The van der Waals surface area contributed by atoms with Crippen LogP contribution in [0.4, 0.5) is 5.69 Å². The summed E-state index contributed by atoms with van der Waals surface area (Å²) < 4.78 is 0. The molecule has 1 aliphatic heterocycles. The number of benzene rings is 1. The maximum absolute atomic E-state index is 10.5. The largest absolute Gasteiger partial charge is 0.299 e. The van der Waals surface area contributed by atoms with Crippen LogP contribution in [0.2, 0.25) is 0 Å². The number of nitrogens with zero attached hydrogens (tertiary/aromatic N) is 2. The average Bonchev–Trinajstić information content (AvgIpc) is 2.12. The summed E-state index contributed by atoms with van der Waals surface area (Å²) in [6.07, 6.45) is 1.24. The average molecular weight is 192 g/mol. The summed E-state index contributed by atoms with van der Waals surface area (Å²) in [6.45, 7) is 3.06. The maximum Gasteiger partial charge on any atom is 0.269 e. The van der Waals surface area contributed by atoms with E-state index in [2.05, 4.69) is 4.90 Å². The first-order chi connectivity index (χ1) is 6.75. The van der Waals surface area contributed by atoms with Crippen LogP contribution in [0.5, 0.6) is 0 Å². The van der Waals surface area contributed by atoms with E-state index in [1.807, 2.05) is 6.07 Å². The lowest BCUT2D eigenvalue weighted by atomic mass is 10.1. The van der Waals surface area contributed by atoms with Gasteiger partial charge in [-0.2, -0.15) is 0 Å². The zero-order valence-corrected chi connectivity index (χ0v) is 7.85. The van der Waals surface area contributed by atoms with Crippen molar-refractivity contribution >= 4 is 5.69 Å². The second-order valence-corrected chi connectivity index (χ2v) is 3.56. The molecule has 14 heavy (non-hydrogen) atoms. The molecule has 1 aliphatic rings. The Morgan fingerprint density at radius 3 is 2.79 bits per heavy atom. The Balaban J connectivity index is 2.09. The fourth-order valence-corrected chi connectivity index (χ4v) is 1.57. The van der Waals surface area contributed by atoms with Crippen molar-refractivity contribution in [3.63, 3.8) is 0 Å². The molecule has 0 spiro atoms. The lowest BCUT2D eigenvalue weighted by molar-refractivity contribution is -0.384. The van der Waals surface area contributed by atoms with Crippen molar-refractivity contribution in [2.24, 2.45) is 0 Å². The number of non-ortho nitro benzene ring substituents is 1. The third-order valence-electron chi connectivity index (χ3n) is 2.48. The van der Waals surface area contributed by atoms with Gasteiger partial charge in [-0.15, -0.1) is 0 Å². The summed E-state index contributed by atoms with van der Waals surface area (Å²) >= 11 is 0. The van der Waals surface area contributed by atoms with E-state index in [9.17, 15) is 10.1 Å². The van der Waals surface area contributed by atoms with Gasteiger partial charge in [0.25, 0.3) is 5.69 Å². The van der Waals surface area contributed by atoms with Gasteiger partial charge in [0.2, 0.25) is 0 Å². The van der Waals surface area contributed by atoms with Crippen LogP contribution in [-0.2, 0) is 6.54 Å². The Labute approximate surface area is 82.3 Å². The van der Waals surface area contributed by atoms with Crippen LogP contribution in [-0.4, -0.2) is 22.9 Å². The van der Waals surface area contributed by atoms with Gasteiger partial charge in [0, 0.05) is 18.7 Å². The van der Waals surface area contributed by atoms with Gasteiger partial charge in [0.15, 0.2) is 0 Å². The van der Waals surface area contributed by atoms with E-state index < -0.39 is 0 Å². The fourth-order valence-electron chi connectivity index (χ4n) is 1.57. The molecule has 74 valence electrons. The molecule has 0 aliphatic carbocycles. The zero-order valence-electron chi connectivity index (χ0n) is 7.85. The van der Waals surface area contributed by atoms with Gasteiger partial charge in [-0.05, 0) is 25.1 Å². The smallest absolute Gasteiger partial charge is 0.269 e. The molecule has 1 aromatic carbocycles. The Hall–Kier alpha value is -1.42. The van der Waals surface area contributed by atoms with Crippen molar-refractivity contribution in [1.29, 1.82) is 0 Å². The number of likely N-dealkylation sites (tertiary alicyclic amines) is 1. The van der Waals surface area contributed by atoms with Crippen LogP contribution < -0.4 is 0 Å². The molecule has 0 amide bonds. The summed E-state index contributed by atoms with van der Waals surface area (Å²) in [5, 5.41) is 10.5. The SMILES string of the molecule is O=[N+]([O-])c1cccc(CN2CCC2)c1. The third-order valence-corrected chi connectivity index (χ3v) is 2.48. The summed E-state index contributed by atoms with van der Waals surface area (Å²) in [5.41, 5.74) is 1.21. The Bertz CT molecular complexity index is 348. The molecule has 1 saturated heterocycles. The number of rotatable bonds is 3. The second-order valence-electron chi connectivity index (χ2n) is 3.56. The number of nitro benzene ring substituents is 1. The molecule has 4 nitrogen and oxygen atoms in total. The van der Waals surface area contributed by atoms with Crippen molar-refractivity contribution < 1.29 is 4.92 Å². The van der Waals surface area contributed by atoms with Crippen molar-refractivity contribution in [2.45, 2.75) is 13.0 Å². The van der Waals surface area contributed by atoms with Gasteiger partial charge < -0.3 is 0 Å². The van der Waals surface area contributed by atoms with Crippen molar-refractivity contribution in [1.82, 2.24) is 4.90 Å². The highest BCUT2D eigenvalue weighted by atomic mass is 16.6. The molecule has 1 aromatic rings. The normalized spacial score (nSPS) is 16.3. The molecule has 0 unspecified atom stereocenters. The highest BCUT2D eigenvalue weighted by molar-refractivity contribution is 5.34. The van der Waals surface area contributed by atoms with Gasteiger partial charge in [-0.3, -0.25) is 15.0 Å². The Kier molecular flexibility index (Phi) is 2.45. The van der Waals surface area contributed by atoms with Crippen LogP contribution >= 0.6 is 0 Å². The second kappa shape index (κ2) is 3.75. The predicted octanol–water partition coefficient (Wildman–Crippen LogP) is 1.80. The first-order valence-corrected chi connectivity index (χ1v) is 4.71. The quantitative estimate of drug-likeness (QED) is 0.542. The molecule has 0 atom stereocenters. The number of hydrogen-bond donors (Lipinski definition) is 0. The van der Waals surface area contributed by atoms with E-state index in [0.717, 1.165) is 25.2 Å². The van der Waals surface area contributed by atoms with E-state index in [1.54, 1.807) is 12.1 Å². The van der Waals surface area contributed by atoms with Crippen molar-refractivity contribution in [3.8, 4) is 0 Å².